The number of carbonyl (C=O) groups is 2. The number of thioether (sulfide) groups is 1. The lowest BCUT2D eigenvalue weighted by Crippen LogP contribution is -2.70. The summed E-state index contributed by atoms with van der Waals surface area (Å²) < 4.78 is 37.3. The third kappa shape index (κ3) is 4.15. The fourth-order valence-electron chi connectivity index (χ4n) is 6.09. The molecule has 0 radical (unpaired) electrons. The van der Waals surface area contributed by atoms with Crippen molar-refractivity contribution in [3.63, 3.8) is 0 Å². The minimum absolute atomic E-state index is 0.0217. The molecule has 3 aliphatic heterocycles. The quantitative estimate of drug-likeness (QED) is 0.338. The summed E-state index contributed by atoms with van der Waals surface area (Å²) in [5.41, 5.74) is 1.69. The molecule has 2 atom stereocenters. The van der Waals surface area contributed by atoms with Crippen molar-refractivity contribution in [2.75, 3.05) is 32.1 Å². The first kappa shape index (κ1) is 25.9. The van der Waals surface area contributed by atoms with Gasteiger partial charge in [0.05, 0.1) is 31.9 Å². The molecule has 212 valence electrons. The van der Waals surface area contributed by atoms with E-state index in [4.69, 9.17) is 14.2 Å². The number of hydrogen-bond acceptors (Lipinski definition) is 9. The lowest BCUT2D eigenvalue weighted by atomic mass is 9.93. The van der Waals surface area contributed by atoms with Gasteiger partial charge in [0, 0.05) is 22.9 Å². The molecular formula is C29H26FN3O7S. The zero-order valence-electron chi connectivity index (χ0n) is 22.1. The Morgan fingerprint density at radius 2 is 1.98 bits per heavy atom. The Labute approximate surface area is 238 Å². The van der Waals surface area contributed by atoms with Gasteiger partial charge in [-0.05, 0) is 47.7 Å². The number of nitrogens with zero attached hydrogens (tertiary/aromatic N) is 3. The smallest absolute Gasteiger partial charge is 0.451 e. The van der Waals surface area contributed by atoms with Crippen LogP contribution in [-0.4, -0.2) is 60.5 Å². The van der Waals surface area contributed by atoms with Gasteiger partial charge in [-0.25, -0.2) is 9.18 Å². The number of morpholine rings is 1. The van der Waals surface area contributed by atoms with Crippen LogP contribution in [0.4, 0.5) is 9.18 Å². The first-order valence-electron chi connectivity index (χ1n) is 13.2. The van der Waals surface area contributed by atoms with E-state index in [2.05, 4.69) is 4.74 Å². The first-order valence-corrected chi connectivity index (χ1v) is 14.2. The molecule has 4 aliphatic rings. The number of carbonyl (C=O) groups excluding carboxylic acids is 2. The average molecular weight is 580 g/mol. The van der Waals surface area contributed by atoms with Gasteiger partial charge < -0.3 is 23.8 Å². The summed E-state index contributed by atoms with van der Waals surface area (Å²) in [4.78, 5) is 41.8. The Morgan fingerprint density at radius 3 is 2.78 bits per heavy atom. The second-order valence-corrected chi connectivity index (χ2v) is 11.4. The monoisotopic (exact) mass is 579 g/mol. The molecule has 2 aromatic carbocycles. The molecule has 0 unspecified atom stereocenters. The molecule has 2 fully saturated rings. The molecule has 3 aromatic rings. The first-order chi connectivity index (χ1) is 19.9. The molecule has 4 heterocycles. The molecule has 1 spiro atoms. The summed E-state index contributed by atoms with van der Waals surface area (Å²) in [6.07, 6.45) is 1.58. The molecule has 1 amide bonds. The number of methoxy groups -OCH3 is 1. The van der Waals surface area contributed by atoms with Gasteiger partial charge in [0.15, 0.2) is 5.69 Å². The number of ether oxygens (including phenoxy) is 4. The Morgan fingerprint density at radius 1 is 1.15 bits per heavy atom. The molecule has 12 heteroatoms. The van der Waals surface area contributed by atoms with Gasteiger partial charge in [-0.15, -0.1) is 11.8 Å². The molecule has 0 N–H and O–H groups in total. The van der Waals surface area contributed by atoms with Crippen molar-refractivity contribution in [1.29, 1.82) is 0 Å². The number of aromatic nitrogens is 1. The topological polar surface area (TPSA) is 99.5 Å². The summed E-state index contributed by atoms with van der Waals surface area (Å²) in [6, 6.07) is 13.6. The molecule has 1 saturated heterocycles. The Balaban J connectivity index is 1.45. The lowest BCUT2D eigenvalue weighted by Gasteiger charge is -2.54. The predicted molar refractivity (Wildman–Crippen MR) is 145 cm³/mol. The highest BCUT2D eigenvalue weighted by atomic mass is 32.2. The van der Waals surface area contributed by atoms with Crippen LogP contribution in [0, 0.1) is 5.82 Å². The second kappa shape index (κ2) is 9.81. The third-order valence-electron chi connectivity index (χ3n) is 8.09. The Kier molecular flexibility index (Phi) is 6.20. The highest BCUT2D eigenvalue weighted by molar-refractivity contribution is 7.98. The van der Waals surface area contributed by atoms with Crippen LogP contribution in [0.5, 0.6) is 5.75 Å². The molecule has 1 aromatic heterocycles. The number of amides is 1. The highest BCUT2D eigenvalue weighted by Gasteiger charge is 2.60. The zero-order chi connectivity index (χ0) is 28.3. The largest absolute Gasteiger partial charge is 0.510 e. The maximum absolute atomic E-state index is 14.5. The maximum atomic E-state index is 14.5. The van der Waals surface area contributed by atoms with E-state index in [9.17, 15) is 18.8 Å². The minimum Gasteiger partial charge on any atom is -0.451 e. The summed E-state index contributed by atoms with van der Waals surface area (Å²) in [7, 11) is 1.16. The number of fused-ring (bicyclic) bond motifs is 5. The minimum atomic E-state index is -0.982. The van der Waals surface area contributed by atoms with E-state index in [0.29, 0.717) is 12.4 Å². The van der Waals surface area contributed by atoms with Crippen LogP contribution in [0.2, 0.25) is 0 Å². The van der Waals surface area contributed by atoms with Gasteiger partial charge in [0.25, 0.3) is 5.91 Å². The van der Waals surface area contributed by atoms with E-state index in [-0.39, 0.29) is 29.8 Å². The number of hydrogen-bond donors (Lipinski definition) is 0. The van der Waals surface area contributed by atoms with Crippen LogP contribution >= 0.6 is 11.8 Å². The number of benzene rings is 2. The van der Waals surface area contributed by atoms with Crippen LogP contribution < -0.4 is 15.2 Å². The van der Waals surface area contributed by atoms with E-state index in [1.807, 2.05) is 34.2 Å². The van der Waals surface area contributed by atoms with Crippen molar-refractivity contribution in [1.82, 2.24) is 9.58 Å². The van der Waals surface area contributed by atoms with Crippen LogP contribution in [0.15, 0.2) is 64.4 Å². The average Bonchev–Trinajstić information content (AvgIpc) is 3.76. The highest BCUT2D eigenvalue weighted by Crippen LogP contribution is 2.51. The fraction of sp³-hybridized carbons (Fsp3) is 0.345. The lowest BCUT2D eigenvalue weighted by molar-refractivity contribution is -0.0621. The molecule has 41 heavy (non-hydrogen) atoms. The predicted octanol–water partition coefficient (Wildman–Crippen LogP) is 3.78. The Hall–Kier alpha value is -4.03. The molecule has 7 rings (SSSR count). The maximum Gasteiger partial charge on any atom is 0.510 e. The van der Waals surface area contributed by atoms with E-state index < -0.39 is 36.1 Å². The van der Waals surface area contributed by atoms with Gasteiger partial charge in [-0.2, -0.15) is 0 Å². The van der Waals surface area contributed by atoms with Crippen molar-refractivity contribution in [2.24, 2.45) is 0 Å². The van der Waals surface area contributed by atoms with Gasteiger partial charge in [-0.1, -0.05) is 24.3 Å². The summed E-state index contributed by atoms with van der Waals surface area (Å²) in [6.45, 7) is 0.0125. The summed E-state index contributed by atoms with van der Waals surface area (Å²) in [5.74, 6) is -0.359. The molecule has 1 saturated carbocycles. The molecule has 0 bridgehead atoms. The van der Waals surface area contributed by atoms with Crippen LogP contribution in [0.25, 0.3) is 0 Å². The van der Waals surface area contributed by atoms with E-state index >= 15 is 0 Å². The van der Waals surface area contributed by atoms with E-state index in [1.165, 1.54) is 12.1 Å². The third-order valence-corrected chi connectivity index (χ3v) is 9.23. The molecule has 10 nitrogen and oxygen atoms in total. The van der Waals surface area contributed by atoms with Gasteiger partial charge in [-0.3, -0.25) is 19.3 Å². The van der Waals surface area contributed by atoms with Crippen molar-refractivity contribution in [2.45, 2.75) is 41.2 Å². The summed E-state index contributed by atoms with van der Waals surface area (Å²) >= 11 is 1.62. The van der Waals surface area contributed by atoms with Gasteiger partial charge >= 0.3 is 6.16 Å². The number of halogens is 1. The zero-order valence-corrected chi connectivity index (χ0v) is 22.9. The molecular weight excluding hydrogens is 553 g/mol. The van der Waals surface area contributed by atoms with Crippen molar-refractivity contribution < 1.29 is 32.9 Å². The van der Waals surface area contributed by atoms with E-state index in [0.717, 1.165) is 41.5 Å². The number of rotatable bonds is 4. The standard InChI is InChI=1S/C29H26FN3O7S/c1-37-28(36)40-16-39-26-21(34)8-11-31-25(26)27(35)32-23(13-38-15-29(32)9-10-29)33(31)24-19-7-6-18(30)12-17(19)14-41-22-5-3-2-4-20(22)24/h2-8,11-12,23-24H,9-10,13-16H2,1H3/t23-,24+/m1/s1. The van der Waals surface area contributed by atoms with Crippen LogP contribution in [0.3, 0.4) is 0 Å². The van der Waals surface area contributed by atoms with Crippen molar-refractivity contribution >= 4 is 23.8 Å². The fourth-order valence-corrected chi connectivity index (χ4v) is 7.17. The Bertz CT molecular complexity index is 1620. The normalized spacial score (nSPS) is 21.7. The molecule has 1 aliphatic carbocycles. The van der Waals surface area contributed by atoms with E-state index in [1.54, 1.807) is 34.8 Å². The van der Waals surface area contributed by atoms with Gasteiger partial charge in [0.2, 0.25) is 18.0 Å². The van der Waals surface area contributed by atoms with Gasteiger partial charge in [0.1, 0.15) is 12.0 Å². The number of pyridine rings is 1. The van der Waals surface area contributed by atoms with Crippen molar-refractivity contribution in [3.05, 3.63) is 93.2 Å². The summed E-state index contributed by atoms with van der Waals surface area (Å²) in [5, 5.41) is 2.03. The second-order valence-electron chi connectivity index (χ2n) is 10.4. The SMILES string of the molecule is COC(=O)OCOc1c2n(ccc1=O)N([C@H]1c3ccc(F)cc3CSc3ccccc31)[C@@H]1COCC3(CC3)N1C2=O. The van der Waals surface area contributed by atoms with Crippen LogP contribution in [0.1, 0.15) is 46.1 Å². The van der Waals surface area contributed by atoms with Crippen LogP contribution in [-0.2, 0) is 20.0 Å². The van der Waals surface area contributed by atoms with Crippen molar-refractivity contribution in [3.8, 4) is 5.75 Å².